The van der Waals surface area contributed by atoms with E-state index in [2.05, 4.69) is 55.2 Å². The fourth-order valence-electron chi connectivity index (χ4n) is 10.9. The lowest BCUT2D eigenvalue weighted by atomic mass is 9.88. The van der Waals surface area contributed by atoms with Gasteiger partial charge in [-0.2, -0.15) is 18.4 Å². The SMILES string of the molecule is N#Cc1ccc(N2CCC(c3ccc(N4CCC(CN5CCN(CC6CCN(c7ccc8c(c7)CN(C7CCC(=O)NC7=O)C8=O)CC6)CC5)CC4)cc3)CC2)cc1C(F)(F)F. The number of hydrogen-bond acceptors (Lipinski definition) is 9. The molecular weight excluding hydrogens is 794 g/mol. The zero-order valence-electron chi connectivity index (χ0n) is 35.4. The molecule has 6 aliphatic rings. The number of carbonyl (C=O) groups is 3. The van der Waals surface area contributed by atoms with Crippen molar-refractivity contribution in [1.82, 2.24) is 20.0 Å². The molecule has 14 heteroatoms. The number of imide groups is 1. The Kier molecular flexibility index (Phi) is 12.2. The van der Waals surface area contributed by atoms with E-state index in [1.165, 1.54) is 36.7 Å². The monoisotopic (exact) mass is 850 g/mol. The lowest BCUT2D eigenvalue weighted by Crippen LogP contribution is -2.52. The van der Waals surface area contributed by atoms with Gasteiger partial charge in [-0.3, -0.25) is 19.7 Å². The molecule has 0 bridgehead atoms. The molecule has 3 amide bonds. The third-order valence-corrected chi connectivity index (χ3v) is 14.6. The fourth-order valence-corrected chi connectivity index (χ4v) is 10.9. The van der Waals surface area contributed by atoms with Crippen LogP contribution in [0.2, 0.25) is 0 Å². The molecule has 0 saturated carbocycles. The number of benzene rings is 3. The van der Waals surface area contributed by atoms with Crippen molar-refractivity contribution in [3.8, 4) is 6.07 Å². The molecule has 6 aliphatic heterocycles. The number of nitrogens with zero attached hydrogens (tertiary/aromatic N) is 7. The smallest absolute Gasteiger partial charge is 0.372 e. The fraction of sp³-hybridized carbons (Fsp3) is 0.542. The van der Waals surface area contributed by atoms with Gasteiger partial charge in [0.1, 0.15) is 6.04 Å². The summed E-state index contributed by atoms with van der Waals surface area (Å²) < 4.78 is 40.6. The number of piperidine rings is 4. The van der Waals surface area contributed by atoms with Crippen molar-refractivity contribution in [2.45, 2.75) is 76.0 Å². The zero-order valence-corrected chi connectivity index (χ0v) is 35.4. The molecule has 0 aromatic heterocycles. The topological polar surface area (TPSA) is 106 Å². The van der Waals surface area contributed by atoms with Gasteiger partial charge < -0.3 is 29.4 Å². The first kappa shape index (κ1) is 42.2. The number of fused-ring (bicyclic) bond motifs is 1. The predicted molar refractivity (Wildman–Crippen MR) is 232 cm³/mol. The average Bonchev–Trinajstić information content (AvgIpc) is 3.61. The summed E-state index contributed by atoms with van der Waals surface area (Å²) in [5.41, 5.74) is 4.65. The van der Waals surface area contributed by atoms with Gasteiger partial charge in [-0.25, -0.2) is 0 Å². The van der Waals surface area contributed by atoms with E-state index in [4.69, 9.17) is 5.26 Å². The number of anilines is 3. The number of nitrogens with one attached hydrogen (secondary N) is 1. The second kappa shape index (κ2) is 17.9. The molecule has 0 aliphatic carbocycles. The van der Waals surface area contributed by atoms with Crippen LogP contribution in [0, 0.1) is 23.2 Å². The summed E-state index contributed by atoms with van der Waals surface area (Å²) in [6.45, 7) is 12.7. The van der Waals surface area contributed by atoms with Crippen molar-refractivity contribution in [3.63, 3.8) is 0 Å². The number of rotatable bonds is 9. The Bertz CT molecular complexity index is 2160. The Hall–Kier alpha value is -5.13. The molecule has 328 valence electrons. The van der Waals surface area contributed by atoms with E-state index < -0.39 is 17.8 Å². The molecule has 5 saturated heterocycles. The lowest BCUT2D eigenvalue weighted by Gasteiger charge is -2.41. The maximum Gasteiger partial charge on any atom is 0.417 e. The standard InChI is InChI=1S/C48H57F3N8O3/c49-48(50,51)43-28-41(6-3-37(43)29-52)58-21-15-36(16-22-58)35-1-4-39(5-2-35)56-17-11-33(12-18-56)30-54-23-25-55(26-24-54)31-34-13-19-57(20-14-34)40-7-8-42-38(27-40)32-59(47(42)62)44-9-10-45(60)53-46(44)61/h1-8,27-28,33-34,36,44H,9-26,30-32H2,(H,53,60,61). The molecule has 3 aromatic rings. The Morgan fingerprint density at radius 2 is 1.18 bits per heavy atom. The molecule has 0 spiro atoms. The van der Waals surface area contributed by atoms with Crippen LogP contribution in [-0.4, -0.2) is 117 Å². The molecular formula is C48H57F3N8O3. The van der Waals surface area contributed by atoms with Crippen molar-refractivity contribution in [3.05, 3.63) is 88.5 Å². The van der Waals surface area contributed by atoms with Crippen molar-refractivity contribution >= 4 is 34.8 Å². The van der Waals surface area contributed by atoms with Crippen molar-refractivity contribution in [2.75, 3.05) is 93.2 Å². The Labute approximate surface area is 362 Å². The van der Waals surface area contributed by atoms with Gasteiger partial charge in [-0.1, -0.05) is 12.1 Å². The zero-order chi connectivity index (χ0) is 43.0. The minimum atomic E-state index is -4.55. The Balaban J connectivity index is 0.667. The maximum atomic E-state index is 13.5. The number of hydrogen-bond donors (Lipinski definition) is 1. The van der Waals surface area contributed by atoms with Gasteiger partial charge in [-0.15, -0.1) is 0 Å². The van der Waals surface area contributed by atoms with E-state index in [-0.39, 0.29) is 29.7 Å². The van der Waals surface area contributed by atoms with Gasteiger partial charge in [0.15, 0.2) is 0 Å². The van der Waals surface area contributed by atoms with Gasteiger partial charge in [0.25, 0.3) is 5.91 Å². The first-order valence-corrected chi connectivity index (χ1v) is 22.7. The highest BCUT2D eigenvalue weighted by atomic mass is 19.4. The van der Waals surface area contributed by atoms with Crippen LogP contribution in [0.4, 0.5) is 30.2 Å². The molecule has 1 atom stereocenters. The molecule has 0 radical (unpaired) electrons. The van der Waals surface area contributed by atoms with Crippen molar-refractivity contribution in [2.24, 2.45) is 11.8 Å². The second-order valence-electron chi connectivity index (χ2n) is 18.4. The van der Waals surface area contributed by atoms with Crippen LogP contribution < -0.4 is 20.0 Å². The van der Waals surface area contributed by atoms with E-state index in [1.807, 2.05) is 17.0 Å². The minimum Gasteiger partial charge on any atom is -0.372 e. The summed E-state index contributed by atoms with van der Waals surface area (Å²) in [5.74, 6) is 0.999. The van der Waals surface area contributed by atoms with Gasteiger partial charge in [0.05, 0.1) is 17.2 Å². The number of piperazine rings is 1. The van der Waals surface area contributed by atoms with Gasteiger partial charge in [-0.05, 0) is 122 Å². The number of amides is 3. The third kappa shape index (κ3) is 9.16. The number of nitriles is 1. The normalized spacial score (nSPS) is 22.9. The van der Waals surface area contributed by atoms with E-state index in [9.17, 15) is 27.6 Å². The van der Waals surface area contributed by atoms with E-state index in [0.29, 0.717) is 55.1 Å². The van der Waals surface area contributed by atoms with Gasteiger partial charge in [0, 0.05) is 114 Å². The highest BCUT2D eigenvalue weighted by Crippen LogP contribution is 2.38. The first-order valence-electron chi connectivity index (χ1n) is 22.7. The van der Waals surface area contributed by atoms with Crippen LogP contribution in [0.25, 0.3) is 0 Å². The largest absolute Gasteiger partial charge is 0.417 e. The van der Waals surface area contributed by atoms with Gasteiger partial charge in [0.2, 0.25) is 11.8 Å². The lowest BCUT2D eigenvalue weighted by molar-refractivity contribution is -0.138. The van der Waals surface area contributed by atoms with Crippen LogP contribution in [-0.2, 0) is 22.3 Å². The van der Waals surface area contributed by atoms with E-state index in [0.717, 1.165) is 102 Å². The molecule has 11 nitrogen and oxygen atoms in total. The van der Waals surface area contributed by atoms with Crippen LogP contribution >= 0.6 is 0 Å². The second-order valence-corrected chi connectivity index (χ2v) is 18.4. The van der Waals surface area contributed by atoms with E-state index >= 15 is 0 Å². The summed E-state index contributed by atoms with van der Waals surface area (Å²) in [6.07, 6.45) is 2.53. The molecule has 62 heavy (non-hydrogen) atoms. The number of carbonyl (C=O) groups excluding carboxylic acids is 3. The maximum absolute atomic E-state index is 13.5. The quantitative estimate of drug-likeness (QED) is 0.243. The summed E-state index contributed by atoms with van der Waals surface area (Å²) in [7, 11) is 0. The van der Waals surface area contributed by atoms with Crippen LogP contribution in [0.3, 0.4) is 0 Å². The summed E-state index contributed by atoms with van der Waals surface area (Å²) in [5, 5.41) is 11.5. The predicted octanol–water partition coefficient (Wildman–Crippen LogP) is 6.47. The Morgan fingerprint density at radius 3 is 1.74 bits per heavy atom. The summed E-state index contributed by atoms with van der Waals surface area (Å²) in [6, 6.07) is 20.2. The summed E-state index contributed by atoms with van der Waals surface area (Å²) >= 11 is 0. The average molecular weight is 851 g/mol. The van der Waals surface area contributed by atoms with Crippen molar-refractivity contribution in [1.29, 1.82) is 5.26 Å². The molecule has 6 heterocycles. The van der Waals surface area contributed by atoms with Crippen LogP contribution in [0.15, 0.2) is 60.7 Å². The van der Waals surface area contributed by atoms with Crippen LogP contribution in [0.1, 0.15) is 89.9 Å². The van der Waals surface area contributed by atoms with E-state index in [1.54, 1.807) is 17.0 Å². The molecule has 3 aromatic carbocycles. The van der Waals surface area contributed by atoms with Gasteiger partial charge >= 0.3 is 6.18 Å². The van der Waals surface area contributed by atoms with Crippen LogP contribution in [0.5, 0.6) is 0 Å². The minimum absolute atomic E-state index is 0.126. The molecule has 5 fully saturated rings. The van der Waals surface area contributed by atoms with Crippen molar-refractivity contribution < 1.29 is 27.6 Å². The number of halogens is 3. The number of alkyl halides is 3. The highest BCUT2D eigenvalue weighted by Gasteiger charge is 2.40. The first-order chi connectivity index (χ1) is 30.0. The third-order valence-electron chi connectivity index (χ3n) is 14.6. The molecule has 1 unspecified atom stereocenters. The summed E-state index contributed by atoms with van der Waals surface area (Å²) in [4.78, 5) is 51.2. The highest BCUT2D eigenvalue weighted by molar-refractivity contribution is 6.05. The molecule has 1 N–H and O–H groups in total. The Morgan fingerprint density at radius 1 is 0.645 bits per heavy atom. The molecule has 9 rings (SSSR count).